The molecule has 0 radical (unpaired) electrons. The van der Waals surface area contributed by atoms with Crippen LogP contribution in [0.25, 0.3) is 0 Å². The maximum atomic E-state index is 5.90. The lowest BCUT2D eigenvalue weighted by Crippen LogP contribution is -1.79. The molecular weight excluding hydrogens is 215 g/mol. The Morgan fingerprint density at radius 3 is 2.79 bits per heavy atom. The van der Waals surface area contributed by atoms with Gasteiger partial charge in [0.05, 0.1) is 0 Å². The second kappa shape index (κ2) is 5.96. The summed E-state index contributed by atoms with van der Waals surface area (Å²) in [7, 11) is 0. The molecule has 0 N–H and O–H groups in total. The van der Waals surface area contributed by atoms with Crippen LogP contribution in [0, 0.1) is 18.8 Å². The highest BCUT2D eigenvalue weighted by Gasteiger charge is 1.93. The van der Waals surface area contributed by atoms with E-state index < -0.39 is 0 Å². The van der Waals surface area contributed by atoms with Crippen LogP contribution in [0.5, 0.6) is 0 Å². The van der Waals surface area contributed by atoms with Crippen molar-refractivity contribution in [3.8, 4) is 11.8 Å². The van der Waals surface area contributed by atoms with Crippen LogP contribution in [0.4, 0.5) is 0 Å². The van der Waals surface area contributed by atoms with E-state index in [1.165, 1.54) is 0 Å². The first-order valence-corrected chi connectivity index (χ1v) is 5.46. The van der Waals surface area contributed by atoms with E-state index in [9.17, 15) is 0 Å². The van der Waals surface area contributed by atoms with Gasteiger partial charge in [0.2, 0.25) is 0 Å². The standard InChI is InChI=1S/C12H12Cl2/c1-10-9-11(6-7-12(10)14)5-3-2-4-8-13/h6-7,9H,2,4,8H2,1H3. The molecular formula is C12H12Cl2. The number of rotatable bonds is 2. The molecule has 1 rings (SSSR count). The van der Waals surface area contributed by atoms with Gasteiger partial charge in [0.25, 0.3) is 0 Å². The third-order valence-electron chi connectivity index (χ3n) is 1.83. The molecule has 0 nitrogen and oxygen atoms in total. The number of unbranched alkanes of at least 4 members (excludes halogenated alkanes) is 1. The predicted molar refractivity (Wildman–Crippen MR) is 63.0 cm³/mol. The van der Waals surface area contributed by atoms with Crippen LogP contribution < -0.4 is 0 Å². The van der Waals surface area contributed by atoms with Gasteiger partial charge < -0.3 is 0 Å². The Hall–Kier alpha value is -0.640. The smallest absolute Gasteiger partial charge is 0.0436 e. The number of aryl methyl sites for hydroxylation is 1. The molecule has 0 amide bonds. The zero-order valence-electron chi connectivity index (χ0n) is 8.11. The van der Waals surface area contributed by atoms with Crippen molar-refractivity contribution in [2.24, 2.45) is 0 Å². The van der Waals surface area contributed by atoms with Crippen molar-refractivity contribution in [2.75, 3.05) is 5.88 Å². The van der Waals surface area contributed by atoms with Gasteiger partial charge in [0.1, 0.15) is 0 Å². The van der Waals surface area contributed by atoms with E-state index in [4.69, 9.17) is 23.2 Å². The van der Waals surface area contributed by atoms with Gasteiger partial charge in [0.15, 0.2) is 0 Å². The molecule has 0 saturated heterocycles. The lowest BCUT2D eigenvalue weighted by Gasteiger charge is -1.96. The fourth-order valence-corrected chi connectivity index (χ4v) is 1.29. The van der Waals surface area contributed by atoms with Crippen LogP contribution >= 0.6 is 23.2 Å². The third-order valence-corrected chi connectivity index (χ3v) is 2.52. The van der Waals surface area contributed by atoms with Crippen LogP contribution in [0.2, 0.25) is 5.02 Å². The van der Waals surface area contributed by atoms with Crippen molar-refractivity contribution in [1.29, 1.82) is 0 Å². The molecule has 0 unspecified atom stereocenters. The molecule has 74 valence electrons. The Bertz CT molecular complexity index is 358. The van der Waals surface area contributed by atoms with Gasteiger partial charge in [-0.3, -0.25) is 0 Å². The van der Waals surface area contributed by atoms with Crippen LogP contribution in [0.3, 0.4) is 0 Å². The van der Waals surface area contributed by atoms with Crippen molar-refractivity contribution in [1.82, 2.24) is 0 Å². The minimum Gasteiger partial charge on any atom is -0.127 e. The highest BCUT2D eigenvalue weighted by Crippen LogP contribution is 2.15. The Balaban J connectivity index is 2.66. The minimum atomic E-state index is 0.675. The average Bonchev–Trinajstić information content (AvgIpc) is 2.18. The summed E-state index contributed by atoms with van der Waals surface area (Å²) in [5.41, 5.74) is 2.08. The number of alkyl halides is 1. The summed E-state index contributed by atoms with van der Waals surface area (Å²) in [5.74, 6) is 6.83. The SMILES string of the molecule is Cc1cc(C#CCCCCl)ccc1Cl. The van der Waals surface area contributed by atoms with E-state index in [0.717, 1.165) is 29.0 Å². The maximum absolute atomic E-state index is 5.90. The van der Waals surface area contributed by atoms with Crippen molar-refractivity contribution in [3.63, 3.8) is 0 Å². The lowest BCUT2D eigenvalue weighted by molar-refractivity contribution is 0.991. The quantitative estimate of drug-likeness (QED) is 0.406. The summed E-state index contributed by atoms with van der Waals surface area (Å²) in [6, 6.07) is 5.81. The molecule has 0 bridgehead atoms. The van der Waals surface area contributed by atoms with Gasteiger partial charge in [-0.25, -0.2) is 0 Å². The normalized spacial score (nSPS) is 9.36. The summed E-state index contributed by atoms with van der Waals surface area (Å²) in [5, 5.41) is 0.788. The predicted octanol–water partition coefficient (Wildman–Crippen LogP) is 4.02. The summed E-state index contributed by atoms with van der Waals surface area (Å²) < 4.78 is 0. The zero-order chi connectivity index (χ0) is 10.4. The first-order chi connectivity index (χ1) is 6.74. The topological polar surface area (TPSA) is 0 Å². The lowest BCUT2D eigenvalue weighted by atomic mass is 10.1. The molecule has 2 heteroatoms. The summed E-state index contributed by atoms with van der Waals surface area (Å²) in [4.78, 5) is 0. The van der Waals surface area contributed by atoms with Gasteiger partial charge >= 0.3 is 0 Å². The summed E-state index contributed by atoms with van der Waals surface area (Å²) in [6.45, 7) is 1.98. The van der Waals surface area contributed by atoms with Crippen LogP contribution in [-0.2, 0) is 0 Å². The van der Waals surface area contributed by atoms with Crippen LogP contribution in [0.1, 0.15) is 24.0 Å². The first-order valence-electron chi connectivity index (χ1n) is 4.55. The van der Waals surface area contributed by atoms with E-state index in [0.29, 0.717) is 5.88 Å². The fraction of sp³-hybridized carbons (Fsp3) is 0.333. The third kappa shape index (κ3) is 3.62. The molecule has 0 fully saturated rings. The number of hydrogen-bond donors (Lipinski definition) is 0. The highest BCUT2D eigenvalue weighted by molar-refractivity contribution is 6.31. The number of benzene rings is 1. The molecule has 0 aliphatic heterocycles. The van der Waals surface area contributed by atoms with Gasteiger partial charge in [0, 0.05) is 22.9 Å². The molecule has 0 heterocycles. The van der Waals surface area contributed by atoms with Crippen molar-refractivity contribution in [3.05, 3.63) is 34.3 Å². The molecule has 0 spiro atoms. The van der Waals surface area contributed by atoms with E-state index in [-0.39, 0.29) is 0 Å². The minimum absolute atomic E-state index is 0.675. The molecule has 0 atom stereocenters. The Kier molecular flexibility index (Phi) is 4.87. The molecule has 0 aliphatic carbocycles. The van der Waals surface area contributed by atoms with E-state index in [1.807, 2.05) is 25.1 Å². The van der Waals surface area contributed by atoms with E-state index in [1.54, 1.807) is 0 Å². The van der Waals surface area contributed by atoms with Gasteiger partial charge in [-0.05, 0) is 37.1 Å². The van der Waals surface area contributed by atoms with Crippen molar-refractivity contribution >= 4 is 23.2 Å². The molecule has 1 aromatic rings. The Morgan fingerprint density at radius 2 is 2.14 bits per heavy atom. The molecule has 0 saturated carbocycles. The Labute approximate surface area is 95.2 Å². The highest BCUT2D eigenvalue weighted by atomic mass is 35.5. The van der Waals surface area contributed by atoms with Gasteiger partial charge in [-0.1, -0.05) is 23.4 Å². The summed E-state index contributed by atoms with van der Waals surface area (Å²) in [6.07, 6.45) is 1.80. The van der Waals surface area contributed by atoms with E-state index in [2.05, 4.69) is 11.8 Å². The Morgan fingerprint density at radius 1 is 1.36 bits per heavy atom. The number of hydrogen-bond acceptors (Lipinski definition) is 0. The zero-order valence-corrected chi connectivity index (χ0v) is 9.62. The van der Waals surface area contributed by atoms with Gasteiger partial charge in [-0.2, -0.15) is 0 Å². The monoisotopic (exact) mass is 226 g/mol. The van der Waals surface area contributed by atoms with Crippen molar-refractivity contribution < 1.29 is 0 Å². The first kappa shape index (κ1) is 11.4. The second-order valence-corrected chi connectivity index (χ2v) is 3.84. The summed E-state index contributed by atoms with van der Waals surface area (Å²) >= 11 is 11.4. The van der Waals surface area contributed by atoms with Gasteiger partial charge in [-0.15, -0.1) is 11.6 Å². The number of halogens is 2. The largest absolute Gasteiger partial charge is 0.127 e. The van der Waals surface area contributed by atoms with Crippen LogP contribution in [0.15, 0.2) is 18.2 Å². The van der Waals surface area contributed by atoms with Crippen molar-refractivity contribution in [2.45, 2.75) is 19.8 Å². The van der Waals surface area contributed by atoms with Crippen LogP contribution in [-0.4, -0.2) is 5.88 Å². The second-order valence-electron chi connectivity index (χ2n) is 3.06. The molecule has 0 aromatic heterocycles. The fourth-order valence-electron chi connectivity index (χ4n) is 1.04. The molecule has 14 heavy (non-hydrogen) atoms. The van der Waals surface area contributed by atoms with E-state index >= 15 is 0 Å². The maximum Gasteiger partial charge on any atom is 0.0436 e. The average molecular weight is 227 g/mol. The molecule has 0 aliphatic rings. The molecule has 1 aromatic carbocycles.